The van der Waals surface area contributed by atoms with E-state index >= 15 is 0 Å². The van der Waals surface area contributed by atoms with Gasteiger partial charge in [-0.05, 0) is 92.0 Å². The maximum atomic E-state index is 13.0. The van der Waals surface area contributed by atoms with Crippen LogP contribution in [0.25, 0.3) is 17.1 Å². The SMILES string of the molecule is Cc1cccc(N2C(=NC(=O)NCCC(C)Cc3ccc(-c4ncn(-c5ccc(OC(F)(F)F)cc5)n4)cc3)SCCC2C)c1C(C)C. The van der Waals surface area contributed by atoms with E-state index in [1.807, 2.05) is 24.3 Å². The number of aryl methyl sites for hydroxylation is 1. The number of nitrogens with zero attached hydrogens (tertiary/aromatic N) is 5. The van der Waals surface area contributed by atoms with Gasteiger partial charge in [0.2, 0.25) is 0 Å². The minimum Gasteiger partial charge on any atom is -0.406 e. The van der Waals surface area contributed by atoms with Crippen molar-refractivity contribution in [1.29, 1.82) is 0 Å². The monoisotopic (exact) mass is 678 g/mol. The van der Waals surface area contributed by atoms with Crippen LogP contribution in [0.1, 0.15) is 63.1 Å². The molecule has 8 nitrogen and oxygen atoms in total. The molecule has 0 bridgehead atoms. The molecule has 1 aliphatic rings. The molecule has 2 unspecified atom stereocenters. The van der Waals surface area contributed by atoms with Gasteiger partial charge in [-0.1, -0.05) is 68.9 Å². The van der Waals surface area contributed by atoms with Gasteiger partial charge in [0.15, 0.2) is 11.0 Å². The van der Waals surface area contributed by atoms with E-state index in [0.717, 1.165) is 47.0 Å². The minimum atomic E-state index is -4.74. The second-order valence-electron chi connectivity index (χ2n) is 12.5. The van der Waals surface area contributed by atoms with Gasteiger partial charge in [-0.2, -0.15) is 4.99 Å². The Morgan fingerprint density at radius 2 is 1.81 bits per heavy atom. The van der Waals surface area contributed by atoms with Gasteiger partial charge in [-0.15, -0.1) is 18.3 Å². The molecule has 0 aliphatic carbocycles. The van der Waals surface area contributed by atoms with Crippen molar-refractivity contribution < 1.29 is 22.7 Å². The second kappa shape index (κ2) is 15.3. The van der Waals surface area contributed by atoms with Gasteiger partial charge in [0.05, 0.1) is 5.69 Å². The highest BCUT2D eigenvalue weighted by molar-refractivity contribution is 8.14. The van der Waals surface area contributed by atoms with Crippen LogP contribution >= 0.6 is 11.8 Å². The number of halogens is 3. The van der Waals surface area contributed by atoms with E-state index in [0.29, 0.717) is 29.9 Å². The van der Waals surface area contributed by atoms with Gasteiger partial charge in [0.25, 0.3) is 0 Å². The normalized spacial score (nSPS) is 16.7. The Hall–Kier alpha value is -4.32. The van der Waals surface area contributed by atoms with E-state index in [4.69, 9.17) is 0 Å². The second-order valence-corrected chi connectivity index (χ2v) is 13.6. The first-order chi connectivity index (χ1) is 22.9. The molecule has 48 heavy (non-hydrogen) atoms. The van der Waals surface area contributed by atoms with Crippen LogP contribution in [-0.4, -0.2) is 50.7 Å². The highest BCUT2D eigenvalue weighted by Gasteiger charge is 2.31. The van der Waals surface area contributed by atoms with Crippen molar-refractivity contribution >= 4 is 28.6 Å². The third-order valence-electron chi connectivity index (χ3n) is 8.29. The summed E-state index contributed by atoms with van der Waals surface area (Å²) in [7, 11) is 0. The van der Waals surface area contributed by atoms with Crippen LogP contribution in [0, 0.1) is 12.8 Å². The molecule has 1 N–H and O–H groups in total. The third-order valence-corrected chi connectivity index (χ3v) is 9.27. The topological polar surface area (TPSA) is 84.6 Å². The van der Waals surface area contributed by atoms with Crippen LogP contribution in [0.2, 0.25) is 0 Å². The van der Waals surface area contributed by atoms with Crippen molar-refractivity contribution in [2.24, 2.45) is 10.9 Å². The average Bonchev–Trinajstić information content (AvgIpc) is 3.51. The van der Waals surface area contributed by atoms with Crippen molar-refractivity contribution in [3.8, 4) is 22.8 Å². The number of ether oxygens (including phenoxy) is 1. The van der Waals surface area contributed by atoms with E-state index in [-0.39, 0.29) is 17.8 Å². The van der Waals surface area contributed by atoms with Crippen molar-refractivity contribution in [3.63, 3.8) is 0 Å². The summed E-state index contributed by atoms with van der Waals surface area (Å²) in [4.78, 5) is 24.1. The van der Waals surface area contributed by atoms with Crippen LogP contribution in [0.3, 0.4) is 0 Å². The zero-order chi connectivity index (χ0) is 34.4. The van der Waals surface area contributed by atoms with E-state index in [9.17, 15) is 18.0 Å². The number of aromatic nitrogens is 3. The zero-order valence-corrected chi connectivity index (χ0v) is 28.6. The molecule has 0 radical (unpaired) electrons. The predicted molar refractivity (Wildman–Crippen MR) is 186 cm³/mol. The van der Waals surface area contributed by atoms with Crippen LogP contribution in [0.15, 0.2) is 78.0 Å². The first-order valence-corrected chi connectivity index (χ1v) is 17.1. The van der Waals surface area contributed by atoms with Crippen LogP contribution in [-0.2, 0) is 6.42 Å². The molecule has 12 heteroatoms. The lowest BCUT2D eigenvalue weighted by Crippen LogP contribution is -2.43. The number of hydrogen-bond donors (Lipinski definition) is 1. The standard InChI is InChI=1S/C36H41F3N6O2S/c1-23(2)32-25(4)7-6-8-31(32)45-26(5)18-20-48-35(45)42-34(46)40-19-17-24(3)21-27-9-11-28(12-10-27)33-41-22-44(43-33)29-13-15-30(16-14-29)47-36(37,38)39/h6-16,22-24,26H,17-21H2,1-5H3,(H,40,46). The molecule has 2 atom stereocenters. The average molecular weight is 679 g/mol. The van der Waals surface area contributed by atoms with Crippen LogP contribution < -0.4 is 15.0 Å². The minimum absolute atomic E-state index is 0.248. The van der Waals surface area contributed by atoms with Gasteiger partial charge >= 0.3 is 12.4 Å². The van der Waals surface area contributed by atoms with Crippen molar-refractivity contribution in [1.82, 2.24) is 20.1 Å². The van der Waals surface area contributed by atoms with Gasteiger partial charge < -0.3 is 15.0 Å². The van der Waals surface area contributed by atoms with Crippen molar-refractivity contribution in [2.45, 2.75) is 72.2 Å². The van der Waals surface area contributed by atoms with Crippen LogP contribution in [0.4, 0.5) is 23.7 Å². The highest BCUT2D eigenvalue weighted by Crippen LogP contribution is 2.36. The molecule has 1 aromatic heterocycles. The van der Waals surface area contributed by atoms with E-state index in [1.165, 1.54) is 46.4 Å². The summed E-state index contributed by atoms with van der Waals surface area (Å²) in [6.07, 6.45) is -0.560. The molecular weight excluding hydrogens is 637 g/mol. The van der Waals surface area contributed by atoms with Crippen LogP contribution in [0.5, 0.6) is 5.75 Å². The number of carbonyl (C=O) groups is 1. The summed E-state index contributed by atoms with van der Waals surface area (Å²) in [6.45, 7) is 11.4. The van der Waals surface area contributed by atoms with E-state index < -0.39 is 6.36 Å². The van der Waals surface area contributed by atoms with Crippen molar-refractivity contribution in [3.05, 3.63) is 89.7 Å². The summed E-state index contributed by atoms with van der Waals surface area (Å²) in [5.41, 5.74) is 6.20. The number of nitrogens with one attached hydrogen (secondary N) is 1. The van der Waals surface area contributed by atoms with Gasteiger partial charge in [-0.3, -0.25) is 0 Å². The Balaban J connectivity index is 1.13. The summed E-state index contributed by atoms with van der Waals surface area (Å²) in [6, 6.07) is 19.7. The summed E-state index contributed by atoms with van der Waals surface area (Å²) < 4.78 is 42.7. The lowest BCUT2D eigenvalue weighted by atomic mass is 9.95. The first kappa shape index (κ1) is 35.0. The molecule has 2 amide bonds. The number of benzene rings is 3. The highest BCUT2D eigenvalue weighted by atomic mass is 32.2. The lowest BCUT2D eigenvalue weighted by Gasteiger charge is -2.37. The van der Waals surface area contributed by atoms with Gasteiger partial charge in [0, 0.05) is 29.6 Å². The van der Waals surface area contributed by atoms with Crippen molar-refractivity contribution in [2.75, 3.05) is 17.2 Å². The maximum absolute atomic E-state index is 13.0. The summed E-state index contributed by atoms with van der Waals surface area (Å²) in [5, 5.41) is 8.22. The molecule has 1 fully saturated rings. The Labute approximate surface area is 283 Å². The number of thioether (sulfide) groups is 1. The van der Waals surface area contributed by atoms with E-state index in [1.54, 1.807) is 11.8 Å². The molecule has 3 aromatic carbocycles. The fraction of sp³-hybridized carbons (Fsp3) is 0.389. The number of amides is 2. The smallest absolute Gasteiger partial charge is 0.406 e. The fourth-order valence-electron chi connectivity index (χ4n) is 5.93. The third kappa shape index (κ3) is 8.97. The quantitative estimate of drug-likeness (QED) is 0.180. The molecular formula is C36H41F3N6O2S. The lowest BCUT2D eigenvalue weighted by molar-refractivity contribution is -0.274. The molecule has 2 heterocycles. The van der Waals surface area contributed by atoms with E-state index in [2.05, 4.69) is 82.8 Å². The first-order valence-electron chi connectivity index (χ1n) is 16.1. The maximum Gasteiger partial charge on any atom is 0.573 e. The number of hydrogen-bond acceptors (Lipinski definition) is 5. The number of alkyl halides is 3. The number of urea groups is 1. The Kier molecular flexibility index (Phi) is 11.1. The zero-order valence-electron chi connectivity index (χ0n) is 27.8. The predicted octanol–water partition coefficient (Wildman–Crippen LogP) is 8.93. The fourth-order valence-corrected chi connectivity index (χ4v) is 7.13. The molecule has 4 aromatic rings. The van der Waals surface area contributed by atoms with Gasteiger partial charge in [0.1, 0.15) is 12.1 Å². The molecule has 0 spiro atoms. The molecule has 5 rings (SSSR count). The number of amidine groups is 1. The number of rotatable bonds is 10. The number of anilines is 1. The molecule has 1 saturated heterocycles. The molecule has 254 valence electrons. The molecule has 0 saturated carbocycles. The summed E-state index contributed by atoms with van der Waals surface area (Å²) >= 11 is 1.63. The largest absolute Gasteiger partial charge is 0.573 e. The Morgan fingerprint density at radius 3 is 2.50 bits per heavy atom. The van der Waals surface area contributed by atoms with Gasteiger partial charge in [-0.25, -0.2) is 14.5 Å². The number of carbonyl (C=O) groups excluding carboxylic acids is 1. The molecule has 1 aliphatic heterocycles. The number of aliphatic imine (C=N–C) groups is 1. The Bertz CT molecular complexity index is 1720. The summed E-state index contributed by atoms with van der Waals surface area (Å²) in [5.74, 6) is 1.81. The Morgan fingerprint density at radius 1 is 1.08 bits per heavy atom.